The zero-order chi connectivity index (χ0) is 15.2. The molecule has 0 saturated carbocycles. The van der Waals surface area contributed by atoms with Crippen LogP contribution in [-0.4, -0.2) is 18.0 Å². The third-order valence-corrected chi connectivity index (χ3v) is 2.68. The van der Waals surface area contributed by atoms with Gasteiger partial charge >= 0.3 is 5.97 Å². The Labute approximate surface area is 120 Å². The molecule has 0 aliphatic carbocycles. The van der Waals surface area contributed by atoms with Crippen LogP contribution in [0.25, 0.3) is 0 Å². The summed E-state index contributed by atoms with van der Waals surface area (Å²) in [5, 5.41) is 11.5. The summed E-state index contributed by atoms with van der Waals surface area (Å²) in [4.78, 5) is 23.6. The normalized spacial score (nSPS) is 11.2. The Bertz CT molecular complexity index is 686. The summed E-state index contributed by atoms with van der Waals surface area (Å²) in [5.41, 5.74) is 0.696. The van der Waals surface area contributed by atoms with E-state index >= 15 is 0 Å². The van der Waals surface area contributed by atoms with Gasteiger partial charge in [0.05, 0.1) is 17.5 Å². The number of hydrogen-bond acceptors (Lipinski definition) is 5. The number of benzene rings is 1. The Hall–Kier alpha value is -3.07. The number of carbonyl (C=O) groups is 2. The number of ether oxygens (including phenoxy) is 1. The van der Waals surface area contributed by atoms with Gasteiger partial charge in [-0.15, -0.1) is 0 Å². The van der Waals surface area contributed by atoms with Gasteiger partial charge in [0.1, 0.15) is 6.07 Å². The molecule has 1 amide bonds. The molecule has 0 fully saturated rings. The molecule has 1 N–H and O–H groups in total. The minimum Gasteiger partial charge on any atom is -0.457 e. The number of carbonyl (C=O) groups excluding carboxylic acids is 2. The van der Waals surface area contributed by atoms with E-state index < -0.39 is 18.0 Å². The minimum atomic E-state index is -1.02. The SMILES string of the molecule is C[C@@H](OC(=O)c1ccco1)C(=O)Nc1ccccc1C#N. The van der Waals surface area contributed by atoms with Crippen molar-refractivity contribution in [1.82, 2.24) is 0 Å². The Kier molecular flexibility index (Phi) is 4.36. The lowest BCUT2D eigenvalue weighted by atomic mass is 10.2. The van der Waals surface area contributed by atoms with Crippen molar-refractivity contribution in [2.45, 2.75) is 13.0 Å². The summed E-state index contributed by atoms with van der Waals surface area (Å²) in [5.74, 6) is -1.24. The first-order valence-corrected chi connectivity index (χ1v) is 6.16. The van der Waals surface area contributed by atoms with E-state index in [1.54, 1.807) is 30.3 Å². The Morgan fingerprint density at radius 3 is 2.71 bits per heavy atom. The second-order valence-corrected chi connectivity index (χ2v) is 4.17. The van der Waals surface area contributed by atoms with Gasteiger partial charge in [0, 0.05) is 0 Å². The van der Waals surface area contributed by atoms with Gasteiger partial charge in [0.25, 0.3) is 5.91 Å². The van der Waals surface area contributed by atoms with Crippen molar-refractivity contribution in [3.05, 3.63) is 54.0 Å². The molecule has 6 nitrogen and oxygen atoms in total. The molecule has 0 saturated heterocycles. The second-order valence-electron chi connectivity index (χ2n) is 4.17. The molecule has 1 aromatic carbocycles. The average Bonchev–Trinajstić information content (AvgIpc) is 3.02. The number of anilines is 1. The van der Waals surface area contributed by atoms with Crippen molar-refractivity contribution in [1.29, 1.82) is 5.26 Å². The fourth-order valence-electron chi connectivity index (χ4n) is 1.59. The van der Waals surface area contributed by atoms with Gasteiger partial charge in [-0.1, -0.05) is 12.1 Å². The fraction of sp³-hybridized carbons (Fsp3) is 0.133. The molecule has 0 bridgehead atoms. The number of rotatable bonds is 4. The van der Waals surface area contributed by atoms with Crippen LogP contribution in [0, 0.1) is 11.3 Å². The minimum absolute atomic E-state index is 0.0204. The summed E-state index contributed by atoms with van der Waals surface area (Å²) in [6.45, 7) is 1.44. The van der Waals surface area contributed by atoms with Crippen LogP contribution in [0.2, 0.25) is 0 Å². The summed E-state index contributed by atoms with van der Waals surface area (Å²) in [7, 11) is 0. The molecule has 1 heterocycles. The van der Waals surface area contributed by atoms with Gasteiger partial charge in [0.15, 0.2) is 6.10 Å². The highest BCUT2D eigenvalue weighted by Crippen LogP contribution is 2.14. The van der Waals surface area contributed by atoms with Gasteiger partial charge in [-0.25, -0.2) is 4.79 Å². The highest BCUT2D eigenvalue weighted by atomic mass is 16.6. The maximum Gasteiger partial charge on any atom is 0.374 e. The number of furan rings is 1. The van der Waals surface area contributed by atoms with Crippen molar-refractivity contribution in [3.63, 3.8) is 0 Å². The molecule has 106 valence electrons. The molecule has 0 spiro atoms. The van der Waals surface area contributed by atoms with E-state index in [2.05, 4.69) is 5.32 Å². The molecule has 0 aliphatic rings. The van der Waals surface area contributed by atoms with Gasteiger partial charge in [-0.3, -0.25) is 4.79 Å². The van der Waals surface area contributed by atoms with Crippen LogP contribution in [0.3, 0.4) is 0 Å². The van der Waals surface area contributed by atoms with Crippen LogP contribution >= 0.6 is 0 Å². The standard InChI is InChI=1S/C15H12N2O4/c1-10(21-15(19)13-7-4-8-20-13)14(18)17-12-6-3-2-5-11(12)9-16/h2-8,10H,1H3,(H,17,18)/t10-/m1/s1. The van der Waals surface area contributed by atoms with Gasteiger partial charge in [0.2, 0.25) is 5.76 Å². The van der Waals surface area contributed by atoms with Crippen molar-refractivity contribution in [2.75, 3.05) is 5.32 Å². The number of para-hydroxylation sites is 1. The number of amides is 1. The zero-order valence-electron chi connectivity index (χ0n) is 11.2. The van der Waals surface area contributed by atoms with Gasteiger partial charge in [-0.2, -0.15) is 5.26 Å². The molecule has 1 atom stereocenters. The van der Waals surface area contributed by atoms with Crippen LogP contribution in [0.1, 0.15) is 23.0 Å². The number of esters is 1. The van der Waals surface area contributed by atoms with Crippen molar-refractivity contribution >= 4 is 17.6 Å². The molecule has 2 aromatic rings. The van der Waals surface area contributed by atoms with Crippen molar-refractivity contribution < 1.29 is 18.7 Å². The highest BCUT2D eigenvalue weighted by Gasteiger charge is 2.21. The summed E-state index contributed by atoms with van der Waals surface area (Å²) in [6, 6.07) is 11.5. The zero-order valence-corrected chi connectivity index (χ0v) is 11.2. The van der Waals surface area contributed by atoms with E-state index in [-0.39, 0.29) is 5.76 Å². The molecule has 1 aromatic heterocycles. The molecule has 0 unspecified atom stereocenters. The lowest BCUT2D eigenvalue weighted by Gasteiger charge is -2.13. The van der Waals surface area contributed by atoms with E-state index in [0.717, 1.165) is 0 Å². The Balaban J connectivity index is 2.00. The number of nitriles is 1. The molecule has 2 rings (SSSR count). The van der Waals surface area contributed by atoms with E-state index in [0.29, 0.717) is 11.3 Å². The van der Waals surface area contributed by atoms with E-state index in [1.807, 2.05) is 6.07 Å². The molecular formula is C15H12N2O4. The highest BCUT2D eigenvalue weighted by molar-refractivity contribution is 5.97. The van der Waals surface area contributed by atoms with Crippen LogP contribution < -0.4 is 5.32 Å². The first-order valence-electron chi connectivity index (χ1n) is 6.16. The predicted octanol–water partition coefficient (Wildman–Crippen LogP) is 2.34. The van der Waals surface area contributed by atoms with Gasteiger partial charge < -0.3 is 14.5 Å². The Morgan fingerprint density at radius 1 is 1.29 bits per heavy atom. The van der Waals surface area contributed by atoms with Gasteiger partial charge in [-0.05, 0) is 31.2 Å². The van der Waals surface area contributed by atoms with E-state index in [9.17, 15) is 9.59 Å². The lowest BCUT2D eigenvalue weighted by Crippen LogP contribution is -2.30. The molecular weight excluding hydrogens is 272 g/mol. The third kappa shape index (κ3) is 3.48. The smallest absolute Gasteiger partial charge is 0.374 e. The monoisotopic (exact) mass is 284 g/mol. The second kappa shape index (κ2) is 6.39. The summed E-state index contributed by atoms with van der Waals surface area (Å²) < 4.78 is 9.86. The maximum atomic E-state index is 12.0. The molecule has 6 heteroatoms. The number of nitrogens with zero attached hydrogens (tertiary/aromatic N) is 1. The van der Waals surface area contributed by atoms with E-state index in [4.69, 9.17) is 14.4 Å². The topological polar surface area (TPSA) is 92.3 Å². The first kappa shape index (κ1) is 14.3. The van der Waals surface area contributed by atoms with Crippen LogP contribution in [0.5, 0.6) is 0 Å². The van der Waals surface area contributed by atoms with Crippen LogP contribution in [-0.2, 0) is 9.53 Å². The summed E-state index contributed by atoms with van der Waals surface area (Å²) >= 11 is 0. The molecule has 21 heavy (non-hydrogen) atoms. The van der Waals surface area contributed by atoms with Crippen LogP contribution in [0.4, 0.5) is 5.69 Å². The lowest BCUT2D eigenvalue weighted by molar-refractivity contribution is -0.123. The largest absolute Gasteiger partial charge is 0.457 e. The summed E-state index contributed by atoms with van der Waals surface area (Å²) in [6.07, 6.45) is 0.319. The maximum absolute atomic E-state index is 12.0. The predicted molar refractivity (Wildman–Crippen MR) is 73.4 cm³/mol. The third-order valence-electron chi connectivity index (χ3n) is 2.68. The van der Waals surface area contributed by atoms with Crippen molar-refractivity contribution in [3.8, 4) is 6.07 Å². The first-order chi connectivity index (χ1) is 10.1. The van der Waals surface area contributed by atoms with Crippen LogP contribution in [0.15, 0.2) is 47.1 Å². The number of hydrogen-bond donors (Lipinski definition) is 1. The van der Waals surface area contributed by atoms with E-state index in [1.165, 1.54) is 19.3 Å². The van der Waals surface area contributed by atoms with Crippen molar-refractivity contribution in [2.24, 2.45) is 0 Å². The number of nitrogens with one attached hydrogen (secondary N) is 1. The quantitative estimate of drug-likeness (QED) is 0.870. The molecule has 0 radical (unpaired) electrons. The average molecular weight is 284 g/mol. The fourth-order valence-corrected chi connectivity index (χ4v) is 1.59. The Morgan fingerprint density at radius 2 is 2.05 bits per heavy atom. The molecule has 0 aliphatic heterocycles.